The Hall–Kier alpha value is -1.35. The van der Waals surface area contributed by atoms with Crippen LogP contribution in [0.15, 0.2) is 18.2 Å². The van der Waals surface area contributed by atoms with Crippen LogP contribution < -0.4 is 5.32 Å². The Kier molecular flexibility index (Phi) is 6.73. The molecule has 0 aliphatic heterocycles. The van der Waals surface area contributed by atoms with Crippen molar-refractivity contribution in [3.63, 3.8) is 0 Å². The van der Waals surface area contributed by atoms with E-state index in [0.717, 1.165) is 13.1 Å². The number of nitrogens with zero attached hydrogens (tertiary/aromatic N) is 1. The van der Waals surface area contributed by atoms with Crippen LogP contribution in [0.4, 0.5) is 0 Å². The Morgan fingerprint density at radius 3 is 2.45 bits per heavy atom. The monoisotopic (exact) mass is 276 g/mol. The molecule has 1 rings (SSSR count). The molecule has 0 saturated carbocycles. The molecule has 1 amide bonds. The van der Waals surface area contributed by atoms with Crippen LogP contribution in [0.2, 0.25) is 0 Å². The Bertz CT molecular complexity index is 437. The third-order valence-electron chi connectivity index (χ3n) is 3.78. The van der Waals surface area contributed by atoms with Crippen molar-refractivity contribution in [3.8, 4) is 0 Å². The zero-order valence-corrected chi connectivity index (χ0v) is 13.5. The molecule has 0 unspecified atom stereocenters. The molecule has 0 aliphatic carbocycles. The van der Waals surface area contributed by atoms with Gasteiger partial charge in [0.05, 0.1) is 6.54 Å². The number of likely N-dealkylation sites (N-methyl/N-ethyl adjacent to an activating group) is 1. The lowest BCUT2D eigenvalue weighted by Gasteiger charge is -2.18. The fraction of sp³-hybridized carbons (Fsp3) is 0.588. The fourth-order valence-corrected chi connectivity index (χ4v) is 2.14. The summed E-state index contributed by atoms with van der Waals surface area (Å²) in [6.45, 7) is 13.5. The van der Waals surface area contributed by atoms with Crippen LogP contribution >= 0.6 is 0 Å². The highest BCUT2D eigenvalue weighted by atomic mass is 16.2. The molecule has 0 heterocycles. The van der Waals surface area contributed by atoms with E-state index in [9.17, 15) is 4.79 Å². The fourth-order valence-electron chi connectivity index (χ4n) is 2.14. The molecule has 1 aromatic rings. The van der Waals surface area contributed by atoms with E-state index in [0.29, 0.717) is 19.0 Å². The van der Waals surface area contributed by atoms with Gasteiger partial charge in [0.2, 0.25) is 5.91 Å². The topological polar surface area (TPSA) is 32.3 Å². The first-order chi connectivity index (χ1) is 9.47. The summed E-state index contributed by atoms with van der Waals surface area (Å²) in [4.78, 5) is 14.0. The number of carbonyl (C=O) groups is 1. The number of amides is 1. The molecule has 112 valence electrons. The van der Waals surface area contributed by atoms with Crippen molar-refractivity contribution in [2.24, 2.45) is 0 Å². The van der Waals surface area contributed by atoms with E-state index in [-0.39, 0.29) is 5.91 Å². The minimum Gasteiger partial charge on any atom is -0.351 e. The van der Waals surface area contributed by atoms with Crippen molar-refractivity contribution >= 4 is 5.91 Å². The van der Waals surface area contributed by atoms with Crippen LogP contribution in [-0.4, -0.2) is 30.4 Å². The molecule has 0 saturated heterocycles. The van der Waals surface area contributed by atoms with Gasteiger partial charge >= 0.3 is 0 Å². The van der Waals surface area contributed by atoms with Gasteiger partial charge in [-0.1, -0.05) is 45.9 Å². The summed E-state index contributed by atoms with van der Waals surface area (Å²) in [5.74, 6) is 0.615. The Morgan fingerprint density at radius 2 is 1.90 bits per heavy atom. The van der Waals surface area contributed by atoms with Gasteiger partial charge in [-0.2, -0.15) is 0 Å². The van der Waals surface area contributed by atoms with Crippen LogP contribution in [0, 0.1) is 6.92 Å². The molecule has 0 aliphatic rings. The molecule has 3 nitrogen and oxygen atoms in total. The normalized spacial score (nSPS) is 11.2. The number of aryl methyl sites for hydroxylation is 1. The minimum atomic E-state index is 0.100. The summed E-state index contributed by atoms with van der Waals surface area (Å²) >= 11 is 0. The number of nitrogens with one attached hydrogen (secondary N) is 1. The third kappa shape index (κ3) is 4.97. The number of carbonyl (C=O) groups excluding carboxylic acids is 1. The second kappa shape index (κ2) is 8.05. The quantitative estimate of drug-likeness (QED) is 0.830. The van der Waals surface area contributed by atoms with Crippen LogP contribution in [0.3, 0.4) is 0 Å². The molecule has 0 atom stereocenters. The lowest BCUT2D eigenvalue weighted by Crippen LogP contribution is -2.36. The average molecular weight is 276 g/mol. The van der Waals surface area contributed by atoms with Gasteiger partial charge in [-0.25, -0.2) is 0 Å². The Balaban J connectivity index is 2.61. The molecule has 3 heteroatoms. The maximum absolute atomic E-state index is 11.9. The lowest BCUT2D eigenvalue weighted by molar-refractivity contribution is -0.122. The molecule has 0 aromatic heterocycles. The maximum atomic E-state index is 11.9. The second-order valence-electron chi connectivity index (χ2n) is 5.58. The molecule has 0 fully saturated rings. The van der Waals surface area contributed by atoms with Crippen LogP contribution in [0.25, 0.3) is 0 Å². The third-order valence-corrected chi connectivity index (χ3v) is 3.78. The van der Waals surface area contributed by atoms with E-state index >= 15 is 0 Å². The first kappa shape index (κ1) is 16.7. The summed E-state index contributed by atoms with van der Waals surface area (Å²) < 4.78 is 0. The van der Waals surface area contributed by atoms with Crippen molar-refractivity contribution in [3.05, 3.63) is 34.9 Å². The van der Waals surface area contributed by atoms with E-state index in [4.69, 9.17) is 0 Å². The number of rotatable bonds is 7. The molecule has 1 N–H and O–H groups in total. The molecular formula is C17H28N2O. The molecule has 0 spiro atoms. The van der Waals surface area contributed by atoms with Crippen molar-refractivity contribution < 1.29 is 4.79 Å². The minimum absolute atomic E-state index is 0.100. The summed E-state index contributed by atoms with van der Waals surface area (Å²) in [6.07, 6.45) is 0. The van der Waals surface area contributed by atoms with Gasteiger partial charge in [0.1, 0.15) is 0 Å². The van der Waals surface area contributed by atoms with Gasteiger partial charge in [-0.05, 0) is 42.6 Å². The smallest absolute Gasteiger partial charge is 0.234 e. The largest absolute Gasteiger partial charge is 0.351 e. The average Bonchev–Trinajstić information content (AvgIpc) is 2.43. The number of benzene rings is 1. The number of hydrogen-bond acceptors (Lipinski definition) is 2. The highest BCUT2D eigenvalue weighted by Gasteiger charge is 2.08. The van der Waals surface area contributed by atoms with Crippen molar-refractivity contribution in [2.75, 3.05) is 19.6 Å². The summed E-state index contributed by atoms with van der Waals surface area (Å²) in [7, 11) is 0. The first-order valence-corrected chi connectivity index (χ1v) is 7.56. The van der Waals surface area contributed by atoms with Gasteiger partial charge in [0.25, 0.3) is 0 Å². The zero-order valence-electron chi connectivity index (χ0n) is 13.5. The summed E-state index contributed by atoms with van der Waals surface area (Å²) in [5.41, 5.74) is 3.77. The van der Waals surface area contributed by atoms with Crippen molar-refractivity contribution in [1.29, 1.82) is 0 Å². The van der Waals surface area contributed by atoms with Crippen LogP contribution in [0.1, 0.15) is 50.3 Å². The van der Waals surface area contributed by atoms with E-state index < -0.39 is 0 Å². The molecule has 0 radical (unpaired) electrons. The molecule has 20 heavy (non-hydrogen) atoms. The molecule has 1 aromatic carbocycles. The van der Waals surface area contributed by atoms with Crippen LogP contribution in [-0.2, 0) is 11.3 Å². The standard InChI is InChI=1S/C17H28N2O/c1-6-19(7-2)12-17(20)18-11-16-10-15(13(3)4)9-8-14(16)5/h8-10,13H,6-7,11-12H2,1-5H3,(H,18,20). The lowest BCUT2D eigenvalue weighted by atomic mass is 9.98. The van der Waals surface area contributed by atoms with Crippen molar-refractivity contribution in [1.82, 2.24) is 10.2 Å². The van der Waals surface area contributed by atoms with E-state index in [1.165, 1.54) is 16.7 Å². The molecular weight excluding hydrogens is 248 g/mol. The van der Waals surface area contributed by atoms with E-state index in [1.54, 1.807) is 0 Å². The van der Waals surface area contributed by atoms with Crippen LogP contribution in [0.5, 0.6) is 0 Å². The van der Waals surface area contributed by atoms with E-state index in [2.05, 4.69) is 63.0 Å². The highest BCUT2D eigenvalue weighted by Crippen LogP contribution is 2.18. The van der Waals surface area contributed by atoms with Gasteiger partial charge in [-0.3, -0.25) is 9.69 Å². The Morgan fingerprint density at radius 1 is 1.25 bits per heavy atom. The predicted octanol–water partition coefficient (Wildman–Crippen LogP) is 3.08. The zero-order chi connectivity index (χ0) is 15.1. The van der Waals surface area contributed by atoms with Gasteiger partial charge in [-0.15, -0.1) is 0 Å². The number of hydrogen-bond donors (Lipinski definition) is 1. The van der Waals surface area contributed by atoms with Gasteiger partial charge < -0.3 is 5.32 Å². The molecule has 0 bridgehead atoms. The van der Waals surface area contributed by atoms with Gasteiger partial charge in [0, 0.05) is 6.54 Å². The highest BCUT2D eigenvalue weighted by molar-refractivity contribution is 5.78. The second-order valence-corrected chi connectivity index (χ2v) is 5.58. The maximum Gasteiger partial charge on any atom is 0.234 e. The van der Waals surface area contributed by atoms with E-state index in [1.807, 2.05) is 0 Å². The van der Waals surface area contributed by atoms with Gasteiger partial charge in [0.15, 0.2) is 0 Å². The SMILES string of the molecule is CCN(CC)CC(=O)NCc1cc(C(C)C)ccc1C. The summed E-state index contributed by atoms with van der Waals surface area (Å²) in [6, 6.07) is 6.51. The first-order valence-electron chi connectivity index (χ1n) is 7.56. The predicted molar refractivity (Wildman–Crippen MR) is 84.9 cm³/mol. The summed E-state index contributed by atoms with van der Waals surface area (Å²) in [5, 5.41) is 3.02. The Labute approximate surface area is 123 Å². The van der Waals surface area contributed by atoms with Crippen molar-refractivity contribution in [2.45, 2.75) is 47.1 Å².